The van der Waals surface area contributed by atoms with E-state index < -0.39 is 5.60 Å². The second-order valence-electron chi connectivity index (χ2n) is 6.83. The fourth-order valence-electron chi connectivity index (χ4n) is 2.43. The highest BCUT2D eigenvalue weighted by Gasteiger charge is 2.36. The second-order valence-corrected chi connectivity index (χ2v) is 8.23. The maximum Gasteiger partial charge on any atom is 0.410 e. The fraction of sp³-hybridized carbons (Fsp3) is 0.500. The van der Waals surface area contributed by atoms with E-state index in [1.165, 1.54) is 11.3 Å². The molecule has 2 aromatic rings. The van der Waals surface area contributed by atoms with E-state index in [4.69, 9.17) is 16.3 Å². The van der Waals surface area contributed by atoms with Crippen LogP contribution in [0.25, 0.3) is 10.6 Å². The van der Waals surface area contributed by atoms with Gasteiger partial charge in [0.1, 0.15) is 15.8 Å². The van der Waals surface area contributed by atoms with Crippen molar-refractivity contribution >= 4 is 34.7 Å². The number of likely N-dealkylation sites (tertiary alicyclic amines) is 1. The van der Waals surface area contributed by atoms with Crippen LogP contribution in [-0.4, -0.2) is 51.9 Å². The van der Waals surface area contributed by atoms with Gasteiger partial charge >= 0.3 is 6.09 Å². The normalized spacial score (nSPS) is 15.0. The minimum Gasteiger partial charge on any atom is -0.444 e. The summed E-state index contributed by atoms with van der Waals surface area (Å²) in [5.41, 5.74) is 1.23. The van der Waals surface area contributed by atoms with Crippen LogP contribution >= 0.6 is 22.9 Å². The second kappa shape index (κ2) is 6.76. The Morgan fingerprint density at radius 2 is 2.12 bits per heavy atom. The lowest BCUT2D eigenvalue weighted by molar-refractivity contribution is 0.00813. The number of hydrogen-bond donors (Lipinski definition) is 1. The van der Waals surface area contributed by atoms with Crippen molar-refractivity contribution in [1.29, 1.82) is 0 Å². The zero-order chi connectivity index (χ0) is 18.2. The van der Waals surface area contributed by atoms with Gasteiger partial charge in [0.05, 0.1) is 5.56 Å². The molecular weight excluding hydrogens is 362 g/mol. The summed E-state index contributed by atoms with van der Waals surface area (Å²) < 4.78 is 5.37. The molecule has 1 amide bonds. The van der Waals surface area contributed by atoms with Crippen LogP contribution in [0.1, 0.15) is 31.7 Å². The number of nitrogens with zero attached hydrogens (tertiary/aromatic N) is 4. The average Bonchev–Trinajstić information content (AvgIpc) is 2.92. The van der Waals surface area contributed by atoms with E-state index in [0.29, 0.717) is 18.2 Å². The molecule has 1 aliphatic heterocycles. The number of halogens is 1. The van der Waals surface area contributed by atoms with Crippen molar-refractivity contribution in [3.63, 3.8) is 0 Å². The Bertz CT molecular complexity index is 783. The van der Waals surface area contributed by atoms with Gasteiger partial charge in [0.15, 0.2) is 5.01 Å². The first-order chi connectivity index (χ1) is 11.8. The molecule has 2 aromatic heterocycles. The van der Waals surface area contributed by atoms with Gasteiger partial charge in [0.2, 0.25) is 0 Å². The van der Waals surface area contributed by atoms with Crippen molar-refractivity contribution in [3.05, 3.63) is 22.4 Å². The number of anilines is 1. The highest BCUT2D eigenvalue weighted by Crippen LogP contribution is 2.36. The van der Waals surface area contributed by atoms with Crippen molar-refractivity contribution in [2.75, 3.05) is 25.5 Å². The van der Waals surface area contributed by atoms with Crippen LogP contribution in [0, 0.1) is 0 Å². The van der Waals surface area contributed by atoms with Gasteiger partial charge in [-0.15, -0.1) is 10.2 Å². The Kier molecular flexibility index (Phi) is 4.83. The summed E-state index contributed by atoms with van der Waals surface area (Å²) in [6.45, 7) is 6.78. The number of amides is 1. The molecule has 0 aromatic carbocycles. The topological polar surface area (TPSA) is 80.2 Å². The molecule has 9 heteroatoms. The summed E-state index contributed by atoms with van der Waals surface area (Å²) in [6.07, 6.45) is 1.40. The van der Waals surface area contributed by atoms with E-state index >= 15 is 0 Å². The summed E-state index contributed by atoms with van der Waals surface area (Å²) in [5, 5.41) is 13.7. The number of pyridine rings is 1. The average molecular weight is 382 g/mol. The van der Waals surface area contributed by atoms with Gasteiger partial charge in [-0.25, -0.2) is 9.78 Å². The lowest BCUT2D eigenvalue weighted by atomic mass is 10.0. The number of carbonyl (C=O) groups excluding carboxylic acids is 1. The van der Waals surface area contributed by atoms with E-state index in [0.717, 1.165) is 21.3 Å². The number of nitrogens with one attached hydrogen (secondary N) is 1. The monoisotopic (exact) mass is 381 g/mol. The first kappa shape index (κ1) is 17.9. The molecule has 1 saturated heterocycles. The van der Waals surface area contributed by atoms with Gasteiger partial charge in [-0.2, -0.15) is 0 Å². The molecule has 7 nitrogen and oxygen atoms in total. The Labute approximate surface area is 155 Å². The molecule has 134 valence electrons. The molecular formula is C16H20ClN5O2S. The van der Waals surface area contributed by atoms with Crippen LogP contribution < -0.4 is 5.32 Å². The van der Waals surface area contributed by atoms with Crippen molar-refractivity contribution in [3.8, 4) is 10.6 Å². The molecule has 25 heavy (non-hydrogen) atoms. The number of carbonyl (C=O) groups is 1. The number of hydrogen-bond acceptors (Lipinski definition) is 7. The molecule has 0 radical (unpaired) electrons. The molecule has 0 bridgehead atoms. The Morgan fingerprint density at radius 1 is 1.40 bits per heavy atom. The summed E-state index contributed by atoms with van der Waals surface area (Å²) in [5.74, 6) is 0.192. The molecule has 0 unspecified atom stereocenters. The zero-order valence-electron chi connectivity index (χ0n) is 14.5. The van der Waals surface area contributed by atoms with Crippen molar-refractivity contribution < 1.29 is 9.53 Å². The lowest BCUT2D eigenvalue weighted by Crippen LogP contribution is -2.50. The van der Waals surface area contributed by atoms with Gasteiger partial charge in [-0.1, -0.05) is 22.9 Å². The molecule has 1 aliphatic rings. The molecule has 3 rings (SSSR count). The lowest BCUT2D eigenvalue weighted by Gasteiger charge is -2.38. The van der Waals surface area contributed by atoms with Gasteiger partial charge in [-0.05, 0) is 26.8 Å². The summed E-state index contributed by atoms with van der Waals surface area (Å²) in [7, 11) is 1.82. The van der Waals surface area contributed by atoms with Crippen molar-refractivity contribution in [2.45, 2.75) is 32.3 Å². The molecule has 0 atom stereocenters. The maximum absolute atomic E-state index is 12.0. The first-order valence-corrected chi connectivity index (χ1v) is 9.11. The number of aromatic nitrogens is 3. The molecule has 1 N–H and O–H groups in total. The SMILES string of the molecule is CNc1cc(Cl)ncc1-c1nnc(C2CN(C(=O)OC(C)(C)C)C2)s1. The van der Waals surface area contributed by atoms with Crippen LogP contribution in [0.3, 0.4) is 0 Å². The highest BCUT2D eigenvalue weighted by molar-refractivity contribution is 7.14. The summed E-state index contributed by atoms with van der Waals surface area (Å²) in [4.78, 5) is 17.8. The quantitative estimate of drug-likeness (QED) is 0.818. The van der Waals surface area contributed by atoms with Gasteiger partial charge in [0.25, 0.3) is 0 Å². The molecule has 0 spiro atoms. The smallest absolute Gasteiger partial charge is 0.410 e. The Morgan fingerprint density at radius 3 is 2.76 bits per heavy atom. The molecule has 1 fully saturated rings. The third-order valence-corrected chi connectivity index (χ3v) is 5.02. The van der Waals surface area contributed by atoms with Crippen LogP contribution in [0.2, 0.25) is 5.15 Å². The highest BCUT2D eigenvalue weighted by atomic mass is 35.5. The maximum atomic E-state index is 12.0. The standard InChI is InChI=1S/C16H20ClN5O2S/c1-16(2,3)24-15(23)22-7-9(8-22)13-20-21-14(25-13)10-6-19-12(17)5-11(10)18-4/h5-6,9H,7-8H2,1-4H3,(H,18,19). The fourth-order valence-corrected chi connectivity index (χ4v) is 3.53. The van der Waals surface area contributed by atoms with Gasteiger partial charge < -0.3 is 15.0 Å². The third kappa shape index (κ3) is 4.01. The van der Waals surface area contributed by atoms with E-state index in [-0.39, 0.29) is 12.0 Å². The molecule has 0 saturated carbocycles. The summed E-state index contributed by atoms with van der Waals surface area (Å²) >= 11 is 7.44. The summed E-state index contributed by atoms with van der Waals surface area (Å²) in [6, 6.07) is 1.76. The van der Waals surface area contributed by atoms with Crippen LogP contribution in [0.4, 0.5) is 10.5 Å². The Hall–Kier alpha value is -1.93. The van der Waals surface area contributed by atoms with E-state index in [1.807, 2.05) is 27.8 Å². The predicted octanol–water partition coefficient (Wildman–Crippen LogP) is 3.63. The Balaban J connectivity index is 1.67. The van der Waals surface area contributed by atoms with Crippen LogP contribution in [0.15, 0.2) is 12.3 Å². The minimum atomic E-state index is -0.483. The molecule has 0 aliphatic carbocycles. The van der Waals surface area contributed by atoms with E-state index in [9.17, 15) is 4.79 Å². The minimum absolute atomic E-state index is 0.192. The number of ether oxygens (including phenoxy) is 1. The largest absolute Gasteiger partial charge is 0.444 e. The molecule has 3 heterocycles. The number of rotatable bonds is 3. The van der Waals surface area contributed by atoms with E-state index in [2.05, 4.69) is 20.5 Å². The zero-order valence-corrected chi connectivity index (χ0v) is 16.1. The predicted molar refractivity (Wildman–Crippen MR) is 98.2 cm³/mol. The van der Waals surface area contributed by atoms with Crippen molar-refractivity contribution in [2.24, 2.45) is 0 Å². The van der Waals surface area contributed by atoms with Crippen LogP contribution in [-0.2, 0) is 4.74 Å². The van der Waals surface area contributed by atoms with Gasteiger partial charge in [0, 0.05) is 37.9 Å². The van der Waals surface area contributed by atoms with Crippen molar-refractivity contribution in [1.82, 2.24) is 20.1 Å². The first-order valence-electron chi connectivity index (χ1n) is 7.92. The van der Waals surface area contributed by atoms with Crippen LogP contribution in [0.5, 0.6) is 0 Å². The third-order valence-electron chi connectivity index (χ3n) is 3.69. The van der Waals surface area contributed by atoms with E-state index in [1.54, 1.807) is 17.2 Å². The van der Waals surface area contributed by atoms with Gasteiger partial charge in [-0.3, -0.25) is 0 Å².